The average Bonchev–Trinajstić information content (AvgIpc) is 2.58. The SMILES string of the molecule is O=C(O)CCC(=O)OC(=O)c1ccc(C(=O)OC(=O)CCC(=O)O)cc1. The number of carboxylic acids is 2. The zero-order valence-electron chi connectivity index (χ0n) is 13.3. The molecule has 0 saturated heterocycles. The number of carbonyl (C=O) groups excluding carboxylic acids is 4. The monoisotopic (exact) mass is 366 g/mol. The van der Waals surface area contributed by atoms with Gasteiger partial charge in [0.1, 0.15) is 0 Å². The van der Waals surface area contributed by atoms with Crippen molar-refractivity contribution in [3.63, 3.8) is 0 Å². The topological polar surface area (TPSA) is 161 Å². The molecule has 0 fully saturated rings. The summed E-state index contributed by atoms with van der Waals surface area (Å²) in [5.74, 6) is -6.50. The molecule has 0 unspecified atom stereocenters. The second-order valence-corrected chi connectivity index (χ2v) is 4.89. The van der Waals surface area contributed by atoms with Crippen LogP contribution in [0, 0.1) is 0 Å². The summed E-state index contributed by atoms with van der Waals surface area (Å²) in [7, 11) is 0. The van der Waals surface area contributed by atoms with Gasteiger partial charge >= 0.3 is 35.8 Å². The van der Waals surface area contributed by atoms with E-state index in [1.165, 1.54) is 0 Å². The van der Waals surface area contributed by atoms with Gasteiger partial charge in [-0.1, -0.05) is 0 Å². The quantitative estimate of drug-likeness (QED) is 0.496. The van der Waals surface area contributed by atoms with Crippen molar-refractivity contribution in [3.05, 3.63) is 35.4 Å². The minimum Gasteiger partial charge on any atom is -0.481 e. The molecular weight excluding hydrogens is 352 g/mol. The lowest BCUT2D eigenvalue weighted by Crippen LogP contribution is -2.15. The molecule has 10 heteroatoms. The number of ether oxygens (including phenoxy) is 2. The van der Waals surface area contributed by atoms with Gasteiger partial charge in [0.25, 0.3) is 0 Å². The first-order valence-electron chi connectivity index (χ1n) is 7.22. The lowest BCUT2D eigenvalue weighted by atomic mass is 10.1. The summed E-state index contributed by atoms with van der Waals surface area (Å²) in [4.78, 5) is 66.6. The molecule has 1 aromatic carbocycles. The van der Waals surface area contributed by atoms with Gasteiger partial charge in [-0.3, -0.25) is 19.2 Å². The Hall–Kier alpha value is -3.56. The molecule has 0 radical (unpaired) electrons. The van der Waals surface area contributed by atoms with Crippen molar-refractivity contribution in [3.8, 4) is 0 Å². The zero-order valence-corrected chi connectivity index (χ0v) is 13.3. The Labute approximate surface area is 146 Å². The number of esters is 4. The van der Waals surface area contributed by atoms with E-state index in [2.05, 4.69) is 9.47 Å². The lowest BCUT2D eigenvalue weighted by molar-refractivity contribution is -0.144. The van der Waals surface area contributed by atoms with Crippen LogP contribution in [0.25, 0.3) is 0 Å². The molecule has 2 N–H and O–H groups in total. The Morgan fingerprint density at radius 1 is 0.615 bits per heavy atom. The zero-order chi connectivity index (χ0) is 19.7. The van der Waals surface area contributed by atoms with Crippen LogP contribution in [0.5, 0.6) is 0 Å². The summed E-state index contributed by atoms with van der Waals surface area (Å²) in [5.41, 5.74) is -0.162. The molecule has 0 aliphatic carbocycles. The van der Waals surface area contributed by atoms with Crippen molar-refractivity contribution in [1.82, 2.24) is 0 Å². The number of aliphatic carboxylic acids is 2. The van der Waals surface area contributed by atoms with Crippen molar-refractivity contribution in [2.75, 3.05) is 0 Å². The van der Waals surface area contributed by atoms with Gasteiger partial charge in [-0.15, -0.1) is 0 Å². The molecule has 1 rings (SSSR count). The van der Waals surface area contributed by atoms with Gasteiger partial charge in [0.2, 0.25) is 0 Å². The highest BCUT2D eigenvalue weighted by Gasteiger charge is 2.17. The summed E-state index contributed by atoms with van der Waals surface area (Å²) in [6, 6.07) is 4.58. The number of benzene rings is 1. The smallest absolute Gasteiger partial charge is 0.345 e. The van der Waals surface area contributed by atoms with Gasteiger partial charge in [-0.05, 0) is 24.3 Å². The van der Waals surface area contributed by atoms with Gasteiger partial charge in [-0.25, -0.2) is 9.59 Å². The first kappa shape index (κ1) is 20.5. The van der Waals surface area contributed by atoms with Gasteiger partial charge in [0.05, 0.1) is 36.8 Å². The molecule has 0 aliphatic rings. The van der Waals surface area contributed by atoms with Crippen LogP contribution in [-0.4, -0.2) is 46.0 Å². The van der Waals surface area contributed by atoms with Crippen LogP contribution in [0.3, 0.4) is 0 Å². The highest BCUT2D eigenvalue weighted by atomic mass is 16.6. The Morgan fingerprint density at radius 3 is 1.19 bits per heavy atom. The van der Waals surface area contributed by atoms with Crippen molar-refractivity contribution < 1.29 is 48.5 Å². The highest BCUT2D eigenvalue weighted by molar-refractivity contribution is 6.00. The molecule has 0 saturated carbocycles. The number of hydrogen-bond acceptors (Lipinski definition) is 8. The number of carboxylic acid groups (broad SMARTS) is 2. The molecule has 138 valence electrons. The molecule has 0 amide bonds. The van der Waals surface area contributed by atoms with Crippen LogP contribution >= 0.6 is 0 Å². The van der Waals surface area contributed by atoms with Gasteiger partial charge in [-0.2, -0.15) is 0 Å². The standard InChI is InChI=1S/C16H14O10/c17-11(18)5-7-13(21)25-15(23)9-1-2-10(4-3-9)16(24)26-14(22)8-6-12(19)20/h1-4H,5-8H2,(H,17,18)(H,19,20). The van der Waals surface area contributed by atoms with Gasteiger partial charge < -0.3 is 19.7 Å². The number of hydrogen-bond donors (Lipinski definition) is 2. The van der Waals surface area contributed by atoms with E-state index < -0.39 is 61.5 Å². The third-order valence-electron chi connectivity index (χ3n) is 2.86. The molecule has 0 aliphatic heterocycles. The molecule has 0 aromatic heterocycles. The number of carbonyl (C=O) groups is 6. The predicted molar refractivity (Wildman–Crippen MR) is 81.0 cm³/mol. The normalized spacial score (nSPS) is 9.85. The predicted octanol–water partition coefficient (Wildman–Crippen LogP) is 0.783. The van der Waals surface area contributed by atoms with Crippen molar-refractivity contribution in [2.24, 2.45) is 0 Å². The van der Waals surface area contributed by atoms with Crippen LogP contribution in [-0.2, 0) is 28.7 Å². The Morgan fingerprint density at radius 2 is 0.923 bits per heavy atom. The molecular formula is C16H14O10. The maximum atomic E-state index is 11.7. The fraction of sp³-hybridized carbons (Fsp3) is 0.250. The Kier molecular flexibility index (Phi) is 7.62. The molecule has 10 nitrogen and oxygen atoms in total. The summed E-state index contributed by atoms with van der Waals surface area (Å²) in [5, 5.41) is 16.9. The van der Waals surface area contributed by atoms with Gasteiger partial charge in [0, 0.05) is 0 Å². The van der Waals surface area contributed by atoms with E-state index in [-0.39, 0.29) is 11.1 Å². The largest absolute Gasteiger partial charge is 0.481 e. The minimum atomic E-state index is -1.21. The molecule has 0 spiro atoms. The van der Waals surface area contributed by atoms with Crippen molar-refractivity contribution in [1.29, 1.82) is 0 Å². The Balaban J connectivity index is 2.59. The minimum absolute atomic E-state index is 0.0811. The van der Waals surface area contributed by atoms with Crippen LogP contribution in [0.1, 0.15) is 46.4 Å². The van der Waals surface area contributed by atoms with Crippen LogP contribution in [0.4, 0.5) is 0 Å². The molecule has 0 bridgehead atoms. The van der Waals surface area contributed by atoms with E-state index in [0.717, 1.165) is 24.3 Å². The summed E-state index contributed by atoms with van der Waals surface area (Å²) >= 11 is 0. The van der Waals surface area contributed by atoms with E-state index >= 15 is 0 Å². The fourth-order valence-corrected chi connectivity index (χ4v) is 1.59. The molecule has 26 heavy (non-hydrogen) atoms. The summed E-state index contributed by atoms with van der Waals surface area (Å²) in [6.07, 6.45) is -1.90. The van der Waals surface area contributed by atoms with Crippen LogP contribution in [0.15, 0.2) is 24.3 Å². The third kappa shape index (κ3) is 7.34. The van der Waals surface area contributed by atoms with E-state index in [9.17, 15) is 28.8 Å². The van der Waals surface area contributed by atoms with Crippen molar-refractivity contribution in [2.45, 2.75) is 25.7 Å². The lowest BCUT2D eigenvalue weighted by Gasteiger charge is -2.04. The van der Waals surface area contributed by atoms with E-state index in [0.29, 0.717) is 0 Å². The summed E-state index contributed by atoms with van der Waals surface area (Å²) < 4.78 is 8.88. The fourth-order valence-electron chi connectivity index (χ4n) is 1.59. The second kappa shape index (κ2) is 9.67. The van der Waals surface area contributed by atoms with E-state index in [1.54, 1.807) is 0 Å². The van der Waals surface area contributed by atoms with Crippen LogP contribution in [0.2, 0.25) is 0 Å². The summed E-state index contributed by atoms with van der Waals surface area (Å²) in [6.45, 7) is 0. The maximum Gasteiger partial charge on any atom is 0.345 e. The molecule has 1 aromatic rings. The van der Waals surface area contributed by atoms with Crippen LogP contribution < -0.4 is 0 Å². The van der Waals surface area contributed by atoms with Crippen molar-refractivity contribution >= 4 is 35.8 Å². The average molecular weight is 366 g/mol. The first-order chi connectivity index (χ1) is 12.2. The van der Waals surface area contributed by atoms with E-state index in [1.807, 2.05) is 0 Å². The second-order valence-electron chi connectivity index (χ2n) is 4.89. The van der Waals surface area contributed by atoms with E-state index in [4.69, 9.17) is 10.2 Å². The molecule has 0 atom stereocenters. The Bertz CT molecular complexity index is 669. The van der Waals surface area contributed by atoms with Gasteiger partial charge in [0.15, 0.2) is 0 Å². The first-order valence-corrected chi connectivity index (χ1v) is 7.22. The number of rotatable bonds is 8. The third-order valence-corrected chi connectivity index (χ3v) is 2.86. The molecule has 0 heterocycles. The maximum absolute atomic E-state index is 11.7. The highest BCUT2D eigenvalue weighted by Crippen LogP contribution is 2.09.